The molecule has 1 aromatic heterocycles. The van der Waals surface area contributed by atoms with Gasteiger partial charge in [-0.25, -0.2) is 4.98 Å². The molecule has 0 aromatic carbocycles. The smallest absolute Gasteiger partial charge is 0.126 e. The van der Waals surface area contributed by atoms with Gasteiger partial charge in [-0.3, -0.25) is 0 Å². The van der Waals surface area contributed by atoms with Gasteiger partial charge in [-0.2, -0.15) is 0 Å². The minimum Gasteiger partial charge on any atom is -0.397 e. The van der Waals surface area contributed by atoms with E-state index in [1.54, 1.807) is 6.20 Å². The Morgan fingerprint density at radius 3 is 3.06 bits per heavy atom. The van der Waals surface area contributed by atoms with Crippen molar-refractivity contribution in [1.82, 2.24) is 4.98 Å². The summed E-state index contributed by atoms with van der Waals surface area (Å²) >= 11 is 0. The highest BCUT2D eigenvalue weighted by Crippen LogP contribution is 2.32. The molecule has 4 heteroatoms. The van der Waals surface area contributed by atoms with Gasteiger partial charge in [-0.05, 0) is 37.3 Å². The number of nitrogens with one attached hydrogen (secondary N) is 1. The number of anilines is 2. The lowest BCUT2D eigenvalue weighted by Crippen LogP contribution is -2.41. The molecule has 4 nitrogen and oxygen atoms in total. The average molecular weight is 249 g/mol. The van der Waals surface area contributed by atoms with Crippen LogP contribution in [0.1, 0.15) is 38.2 Å². The van der Waals surface area contributed by atoms with Gasteiger partial charge >= 0.3 is 0 Å². The predicted octanol–water partition coefficient (Wildman–Crippen LogP) is 2.33. The molecular formula is C14H23N3O. The van der Waals surface area contributed by atoms with Crippen LogP contribution in [0.15, 0.2) is 12.3 Å². The lowest BCUT2D eigenvalue weighted by Gasteiger charge is -2.35. The zero-order valence-electron chi connectivity index (χ0n) is 11.2. The van der Waals surface area contributed by atoms with Crippen molar-refractivity contribution in [2.75, 3.05) is 17.6 Å². The summed E-state index contributed by atoms with van der Waals surface area (Å²) in [6.07, 6.45) is 5.73. The Balaban J connectivity index is 1.96. The summed E-state index contributed by atoms with van der Waals surface area (Å²) in [4.78, 5) is 4.23. The summed E-state index contributed by atoms with van der Waals surface area (Å²) in [5.41, 5.74) is 6.85. The monoisotopic (exact) mass is 249 g/mol. The van der Waals surface area contributed by atoms with Crippen LogP contribution in [-0.2, 0) is 0 Å². The number of nitrogens with zero attached hydrogens (tertiary/aromatic N) is 1. The lowest BCUT2D eigenvalue weighted by atomic mass is 9.79. The van der Waals surface area contributed by atoms with Crippen LogP contribution in [0.25, 0.3) is 0 Å². The van der Waals surface area contributed by atoms with E-state index in [0.717, 1.165) is 30.6 Å². The number of nitrogens with two attached hydrogens (primary N) is 1. The molecule has 2 rings (SSSR count). The van der Waals surface area contributed by atoms with Crippen LogP contribution >= 0.6 is 0 Å². The molecule has 1 saturated carbocycles. The van der Waals surface area contributed by atoms with E-state index in [1.807, 2.05) is 13.0 Å². The highest BCUT2D eigenvalue weighted by atomic mass is 16.3. The summed E-state index contributed by atoms with van der Waals surface area (Å²) in [5.74, 6) is 1.39. The van der Waals surface area contributed by atoms with Crippen LogP contribution in [-0.4, -0.2) is 22.2 Å². The van der Waals surface area contributed by atoms with Crippen molar-refractivity contribution >= 4 is 11.5 Å². The maximum Gasteiger partial charge on any atom is 0.126 e. The first-order chi connectivity index (χ1) is 8.48. The molecule has 2 unspecified atom stereocenters. The zero-order valence-corrected chi connectivity index (χ0v) is 11.2. The van der Waals surface area contributed by atoms with Gasteiger partial charge in [0.1, 0.15) is 5.82 Å². The fourth-order valence-electron chi connectivity index (χ4n) is 2.71. The normalized spacial score (nSPS) is 28.1. The topological polar surface area (TPSA) is 71.2 Å². The molecule has 0 aliphatic heterocycles. The number of aromatic nitrogens is 1. The minimum absolute atomic E-state index is 0.563. The van der Waals surface area contributed by atoms with E-state index >= 15 is 0 Å². The third-order valence-corrected chi connectivity index (χ3v) is 3.82. The van der Waals surface area contributed by atoms with Crippen molar-refractivity contribution in [3.8, 4) is 0 Å². The van der Waals surface area contributed by atoms with Gasteiger partial charge in [-0.1, -0.05) is 19.8 Å². The number of aliphatic hydroxyl groups is 1. The molecule has 0 radical (unpaired) electrons. The number of pyridine rings is 1. The van der Waals surface area contributed by atoms with Gasteiger partial charge in [-0.15, -0.1) is 0 Å². The van der Waals surface area contributed by atoms with E-state index in [1.165, 1.54) is 6.42 Å². The van der Waals surface area contributed by atoms with Crippen molar-refractivity contribution in [3.63, 3.8) is 0 Å². The molecule has 1 fully saturated rings. The van der Waals surface area contributed by atoms with E-state index in [2.05, 4.69) is 17.2 Å². The second-order valence-corrected chi connectivity index (χ2v) is 5.71. The first-order valence-electron chi connectivity index (χ1n) is 6.67. The second-order valence-electron chi connectivity index (χ2n) is 5.71. The number of hydrogen-bond acceptors (Lipinski definition) is 4. The summed E-state index contributed by atoms with van der Waals surface area (Å²) in [5, 5.41) is 13.7. The Bertz CT molecular complexity index is 422. The fraction of sp³-hybridized carbons (Fsp3) is 0.643. The minimum atomic E-state index is -0.589. The number of aryl methyl sites for hydroxylation is 1. The molecule has 0 amide bonds. The van der Waals surface area contributed by atoms with Crippen molar-refractivity contribution in [1.29, 1.82) is 0 Å². The molecule has 100 valence electrons. The van der Waals surface area contributed by atoms with Crippen LogP contribution in [0.2, 0.25) is 0 Å². The molecule has 1 aliphatic carbocycles. The fourth-order valence-corrected chi connectivity index (χ4v) is 2.71. The second kappa shape index (κ2) is 5.14. The van der Waals surface area contributed by atoms with Gasteiger partial charge in [0.25, 0.3) is 0 Å². The van der Waals surface area contributed by atoms with Gasteiger partial charge in [0.05, 0.1) is 17.5 Å². The first-order valence-corrected chi connectivity index (χ1v) is 6.67. The average Bonchev–Trinajstić information content (AvgIpc) is 2.31. The van der Waals surface area contributed by atoms with Crippen LogP contribution in [0.4, 0.5) is 11.5 Å². The van der Waals surface area contributed by atoms with E-state index < -0.39 is 5.60 Å². The Morgan fingerprint density at radius 1 is 1.61 bits per heavy atom. The molecule has 1 aromatic rings. The SMILES string of the molecule is Cc1cc(NCC2(O)CCCC(C)C2)ncc1N. The van der Waals surface area contributed by atoms with Gasteiger partial charge in [0, 0.05) is 6.54 Å². The highest BCUT2D eigenvalue weighted by molar-refractivity contribution is 5.50. The maximum absolute atomic E-state index is 10.5. The molecule has 4 N–H and O–H groups in total. The molecular weight excluding hydrogens is 226 g/mol. The third-order valence-electron chi connectivity index (χ3n) is 3.82. The molecule has 2 atom stereocenters. The van der Waals surface area contributed by atoms with E-state index in [4.69, 9.17) is 5.73 Å². The van der Waals surface area contributed by atoms with Crippen LogP contribution in [0.3, 0.4) is 0 Å². The first kappa shape index (κ1) is 13.1. The Kier molecular flexibility index (Phi) is 3.76. The zero-order chi connectivity index (χ0) is 13.2. The number of hydrogen-bond donors (Lipinski definition) is 3. The lowest BCUT2D eigenvalue weighted by molar-refractivity contribution is -0.000826. The van der Waals surface area contributed by atoms with Crippen molar-refractivity contribution < 1.29 is 5.11 Å². The summed E-state index contributed by atoms with van der Waals surface area (Å²) in [7, 11) is 0. The van der Waals surface area contributed by atoms with Gasteiger partial charge < -0.3 is 16.2 Å². The Labute approximate surface area is 109 Å². The molecule has 1 aliphatic rings. The molecule has 0 saturated heterocycles. The maximum atomic E-state index is 10.5. The third kappa shape index (κ3) is 3.13. The summed E-state index contributed by atoms with van der Waals surface area (Å²) in [6.45, 7) is 4.73. The van der Waals surface area contributed by atoms with Crippen molar-refractivity contribution in [2.24, 2.45) is 5.92 Å². The van der Waals surface area contributed by atoms with Crippen molar-refractivity contribution in [2.45, 2.75) is 45.1 Å². The largest absolute Gasteiger partial charge is 0.397 e. The van der Waals surface area contributed by atoms with E-state index in [9.17, 15) is 5.11 Å². The predicted molar refractivity (Wildman–Crippen MR) is 74.5 cm³/mol. The standard InChI is InChI=1S/C14H23N3O/c1-10-4-3-5-14(18,7-10)9-17-13-6-11(2)12(15)8-16-13/h6,8,10,18H,3-5,7,9,15H2,1-2H3,(H,16,17). The molecule has 1 heterocycles. The van der Waals surface area contributed by atoms with Gasteiger partial charge in [0.15, 0.2) is 0 Å². The van der Waals surface area contributed by atoms with Crippen molar-refractivity contribution in [3.05, 3.63) is 17.8 Å². The van der Waals surface area contributed by atoms with Gasteiger partial charge in [0.2, 0.25) is 0 Å². The van der Waals surface area contributed by atoms with Crippen LogP contribution < -0.4 is 11.1 Å². The molecule has 0 bridgehead atoms. The number of nitrogen functional groups attached to an aromatic ring is 1. The van der Waals surface area contributed by atoms with E-state index in [-0.39, 0.29) is 0 Å². The van der Waals surface area contributed by atoms with Crippen LogP contribution in [0, 0.1) is 12.8 Å². The highest BCUT2D eigenvalue weighted by Gasteiger charge is 2.32. The Hall–Kier alpha value is -1.29. The number of rotatable bonds is 3. The Morgan fingerprint density at radius 2 is 2.39 bits per heavy atom. The summed E-state index contributed by atoms with van der Waals surface area (Å²) < 4.78 is 0. The summed E-state index contributed by atoms with van der Waals surface area (Å²) in [6, 6.07) is 1.92. The molecule has 18 heavy (non-hydrogen) atoms. The molecule has 0 spiro atoms. The van der Waals surface area contributed by atoms with Crippen LogP contribution in [0.5, 0.6) is 0 Å². The van der Waals surface area contributed by atoms with E-state index in [0.29, 0.717) is 18.2 Å². The quantitative estimate of drug-likeness (QED) is 0.769.